The van der Waals surface area contributed by atoms with E-state index in [2.05, 4.69) is 9.88 Å². The van der Waals surface area contributed by atoms with Gasteiger partial charge in [-0.15, -0.1) is 0 Å². The van der Waals surface area contributed by atoms with Gasteiger partial charge in [0.1, 0.15) is 24.0 Å². The summed E-state index contributed by atoms with van der Waals surface area (Å²) in [6.07, 6.45) is 0.707. The Labute approximate surface area is 209 Å². The summed E-state index contributed by atoms with van der Waals surface area (Å²) in [6.45, 7) is 5.59. The molecule has 1 aromatic heterocycles. The number of para-hydroxylation sites is 1. The third kappa shape index (κ3) is 4.73. The molecule has 0 spiro atoms. The topological polar surface area (TPSA) is 31.5 Å². The molecule has 3 atom stereocenters. The van der Waals surface area contributed by atoms with E-state index < -0.39 is 24.4 Å². The predicted molar refractivity (Wildman–Crippen MR) is 133 cm³/mol. The molecule has 0 unspecified atom stereocenters. The van der Waals surface area contributed by atoms with E-state index in [0.717, 1.165) is 22.2 Å². The van der Waals surface area contributed by atoms with E-state index in [0.29, 0.717) is 32.6 Å². The molecule has 1 saturated heterocycles. The smallest absolute Gasteiger partial charge is 0.135 e. The van der Waals surface area contributed by atoms with Crippen LogP contribution in [0.5, 0.6) is 5.75 Å². The van der Waals surface area contributed by atoms with Crippen molar-refractivity contribution in [3.05, 3.63) is 64.9 Å². The van der Waals surface area contributed by atoms with Gasteiger partial charge in [0.15, 0.2) is 0 Å². The molecule has 8 heteroatoms. The van der Waals surface area contributed by atoms with Crippen molar-refractivity contribution in [3.8, 4) is 5.75 Å². The number of alkyl halides is 2. The largest absolute Gasteiger partial charge is 0.492 e. The fourth-order valence-electron chi connectivity index (χ4n) is 5.67. The van der Waals surface area contributed by atoms with Crippen LogP contribution in [0.15, 0.2) is 36.4 Å². The van der Waals surface area contributed by atoms with E-state index in [1.54, 1.807) is 0 Å². The fourth-order valence-corrected chi connectivity index (χ4v) is 5.67. The second-order valence-corrected chi connectivity index (χ2v) is 10.4. The third-order valence-electron chi connectivity index (χ3n) is 7.56. The Kier molecular flexibility index (Phi) is 7.26. The number of fused-ring (bicyclic) bond motifs is 3. The summed E-state index contributed by atoms with van der Waals surface area (Å²) in [5.74, 6) is -1.44. The zero-order chi connectivity index (χ0) is 25.4. The van der Waals surface area contributed by atoms with Gasteiger partial charge >= 0.3 is 0 Å². The number of ether oxygens (including phenoxy) is 1. The van der Waals surface area contributed by atoms with Gasteiger partial charge in [-0.3, -0.25) is 18.6 Å². The highest BCUT2D eigenvalue weighted by Gasteiger charge is 2.39. The molecule has 1 N–H and O–H groups in total. The first-order chi connectivity index (χ1) is 17.4. The van der Waals surface area contributed by atoms with Crippen molar-refractivity contribution in [2.24, 2.45) is 11.8 Å². The van der Waals surface area contributed by atoms with Crippen LogP contribution in [0, 0.1) is 23.5 Å². The maximum absolute atomic E-state index is 15.6. The van der Waals surface area contributed by atoms with E-state index in [-0.39, 0.29) is 42.5 Å². The number of likely N-dealkylation sites (tertiary alicyclic amines) is 1. The number of hydrogen-bond acceptors (Lipinski definition) is 3. The summed E-state index contributed by atoms with van der Waals surface area (Å²) in [6, 6.07) is 9.59. The van der Waals surface area contributed by atoms with Gasteiger partial charge in [0.05, 0.1) is 19.4 Å². The monoisotopic (exact) mass is 503 g/mol. The number of hydrogen-bond donors (Lipinski definition) is 1. The number of nitrogens with zero attached hydrogens (tertiary/aromatic N) is 2. The van der Waals surface area contributed by atoms with Gasteiger partial charge < -0.3 is 9.72 Å². The van der Waals surface area contributed by atoms with Crippen LogP contribution in [0.25, 0.3) is 10.9 Å². The van der Waals surface area contributed by atoms with Crippen molar-refractivity contribution in [1.29, 1.82) is 0 Å². The van der Waals surface area contributed by atoms with E-state index in [1.165, 1.54) is 12.1 Å². The first kappa shape index (κ1) is 25.1. The molecule has 2 aromatic carbocycles. The van der Waals surface area contributed by atoms with Crippen LogP contribution in [0.1, 0.15) is 36.7 Å². The number of rotatable bonds is 9. The number of halogens is 4. The Balaban J connectivity index is 1.46. The van der Waals surface area contributed by atoms with Crippen LogP contribution in [-0.4, -0.2) is 67.0 Å². The van der Waals surface area contributed by atoms with Gasteiger partial charge in [-0.1, -0.05) is 25.1 Å². The van der Waals surface area contributed by atoms with Gasteiger partial charge in [-0.05, 0) is 30.9 Å². The number of aromatic amines is 1. The lowest BCUT2D eigenvalue weighted by Crippen LogP contribution is -2.49. The minimum Gasteiger partial charge on any atom is -0.492 e. The lowest BCUT2D eigenvalue weighted by atomic mass is 9.87. The molecule has 2 aliphatic heterocycles. The summed E-state index contributed by atoms with van der Waals surface area (Å²) in [5, 5.41) is 1.05. The summed E-state index contributed by atoms with van der Waals surface area (Å²) in [7, 11) is 0. The molecule has 1 fully saturated rings. The first-order valence-electron chi connectivity index (χ1n) is 12.7. The maximum atomic E-state index is 15.6. The quantitative estimate of drug-likeness (QED) is 0.382. The van der Waals surface area contributed by atoms with Crippen LogP contribution in [0.2, 0.25) is 0 Å². The van der Waals surface area contributed by atoms with Crippen molar-refractivity contribution < 1.29 is 22.3 Å². The van der Waals surface area contributed by atoms with Crippen LogP contribution in [0.4, 0.5) is 17.6 Å². The SMILES string of the molecule is C[C@H](CF)CN1[C@H](c2c(F)cc(OCCN3CC(CF)C3)cc2F)c2[nH]c3ccccc3c2C[C@H]1C. The molecule has 0 bridgehead atoms. The molecule has 3 heterocycles. The van der Waals surface area contributed by atoms with Crippen LogP contribution < -0.4 is 4.74 Å². The van der Waals surface area contributed by atoms with Crippen molar-refractivity contribution in [1.82, 2.24) is 14.8 Å². The number of H-pyrrole nitrogens is 1. The van der Waals surface area contributed by atoms with Crippen molar-refractivity contribution in [2.75, 3.05) is 46.1 Å². The molecule has 0 aliphatic carbocycles. The Hall–Kier alpha value is -2.58. The Bertz CT molecular complexity index is 1190. The van der Waals surface area contributed by atoms with E-state index in [1.807, 2.05) is 43.0 Å². The Morgan fingerprint density at radius 3 is 2.53 bits per heavy atom. The van der Waals surface area contributed by atoms with Crippen molar-refractivity contribution in [3.63, 3.8) is 0 Å². The molecular formula is C28H33F4N3O. The average molecular weight is 504 g/mol. The van der Waals surface area contributed by atoms with Crippen LogP contribution in [0.3, 0.4) is 0 Å². The Morgan fingerprint density at radius 2 is 1.83 bits per heavy atom. The number of benzene rings is 2. The van der Waals surface area contributed by atoms with Crippen molar-refractivity contribution in [2.45, 2.75) is 32.4 Å². The normalized spacial score (nSPS) is 21.9. The highest BCUT2D eigenvalue weighted by atomic mass is 19.1. The summed E-state index contributed by atoms with van der Waals surface area (Å²) in [4.78, 5) is 7.47. The molecule has 0 saturated carbocycles. The van der Waals surface area contributed by atoms with E-state index in [9.17, 15) is 8.78 Å². The second-order valence-electron chi connectivity index (χ2n) is 10.4. The number of aromatic nitrogens is 1. The lowest BCUT2D eigenvalue weighted by molar-refractivity contribution is 0.0667. The van der Waals surface area contributed by atoms with E-state index >= 15 is 8.78 Å². The van der Waals surface area contributed by atoms with Crippen LogP contribution >= 0.6 is 0 Å². The first-order valence-corrected chi connectivity index (χ1v) is 12.7. The molecule has 4 nitrogen and oxygen atoms in total. The standard InChI is InChI=1S/C28H33F4N3O/c1-17(12-29)14-35-18(2)9-22-21-5-3-4-6-25(21)33-27(22)28(35)26-23(31)10-20(11-24(26)32)36-8-7-34-15-19(13-30)16-34/h3-6,10-11,17-19,28,33H,7-9,12-16H2,1-2H3/t17-,18-,28-/m1/s1. The molecule has 2 aliphatic rings. The molecule has 5 rings (SSSR count). The Morgan fingerprint density at radius 1 is 1.11 bits per heavy atom. The zero-order valence-corrected chi connectivity index (χ0v) is 20.7. The maximum Gasteiger partial charge on any atom is 0.135 e. The molecule has 194 valence electrons. The summed E-state index contributed by atoms with van der Waals surface area (Å²) in [5.41, 5.74) is 2.67. The lowest BCUT2D eigenvalue weighted by Gasteiger charge is -2.42. The highest BCUT2D eigenvalue weighted by Crippen LogP contribution is 2.43. The highest BCUT2D eigenvalue weighted by molar-refractivity contribution is 5.85. The molecule has 0 amide bonds. The van der Waals surface area contributed by atoms with Crippen LogP contribution in [-0.2, 0) is 6.42 Å². The fraction of sp³-hybridized carbons (Fsp3) is 0.500. The van der Waals surface area contributed by atoms with E-state index in [4.69, 9.17) is 4.74 Å². The third-order valence-corrected chi connectivity index (χ3v) is 7.56. The molecule has 36 heavy (non-hydrogen) atoms. The number of nitrogens with one attached hydrogen (secondary N) is 1. The van der Waals surface area contributed by atoms with Gasteiger partial charge in [-0.25, -0.2) is 8.78 Å². The van der Waals surface area contributed by atoms with Gasteiger partial charge in [0.2, 0.25) is 0 Å². The zero-order valence-electron chi connectivity index (χ0n) is 20.7. The minimum atomic E-state index is -0.710. The molecule has 3 aromatic rings. The summed E-state index contributed by atoms with van der Waals surface area (Å²) < 4.78 is 63.0. The van der Waals surface area contributed by atoms with Crippen molar-refractivity contribution >= 4 is 10.9 Å². The summed E-state index contributed by atoms with van der Waals surface area (Å²) >= 11 is 0. The van der Waals surface area contributed by atoms with Gasteiger partial charge in [0, 0.05) is 72.4 Å². The molecular weight excluding hydrogens is 470 g/mol. The average Bonchev–Trinajstić information content (AvgIpc) is 3.19. The predicted octanol–water partition coefficient (Wildman–Crippen LogP) is 5.67. The second kappa shape index (κ2) is 10.4. The minimum absolute atomic E-state index is 0.0323. The molecule has 0 radical (unpaired) electrons. The van der Waals surface area contributed by atoms with Gasteiger partial charge in [0.25, 0.3) is 0 Å². The van der Waals surface area contributed by atoms with Gasteiger partial charge in [-0.2, -0.15) is 0 Å².